The van der Waals surface area contributed by atoms with Gasteiger partial charge in [0, 0.05) is 0 Å². The molecule has 2 nitrogen and oxygen atoms in total. The lowest BCUT2D eigenvalue weighted by molar-refractivity contribution is 0.0272. The van der Waals surface area contributed by atoms with E-state index in [-0.39, 0.29) is 6.10 Å². The largest absolute Gasteiger partial charge is 0.495 e. The summed E-state index contributed by atoms with van der Waals surface area (Å²) >= 11 is 0. The molecule has 1 aliphatic heterocycles. The predicted octanol–water partition coefficient (Wildman–Crippen LogP) is 3.26. The van der Waals surface area contributed by atoms with Gasteiger partial charge in [-0.05, 0) is 55.9 Å². The van der Waals surface area contributed by atoms with Gasteiger partial charge in [-0.1, -0.05) is 13.8 Å². The quantitative estimate of drug-likeness (QED) is 0.780. The maximum Gasteiger partial charge on any atom is 0.121 e. The first kappa shape index (κ1) is 12.0. The molecule has 0 bridgehead atoms. The summed E-state index contributed by atoms with van der Waals surface area (Å²) in [5.41, 5.74) is 0.470. The van der Waals surface area contributed by atoms with Gasteiger partial charge in [0.25, 0.3) is 0 Å². The van der Waals surface area contributed by atoms with E-state index in [9.17, 15) is 5.11 Å². The SMILES string of the molecule is CC1(C)CCC(C(O)C2=CCCCO2)CC1. The summed E-state index contributed by atoms with van der Waals surface area (Å²) in [4.78, 5) is 0. The second kappa shape index (κ2) is 4.79. The summed E-state index contributed by atoms with van der Waals surface area (Å²) in [5, 5.41) is 10.3. The van der Waals surface area contributed by atoms with Crippen LogP contribution in [0.2, 0.25) is 0 Å². The molecular formula is C14H24O2. The summed E-state index contributed by atoms with van der Waals surface area (Å²) in [5.74, 6) is 1.26. The van der Waals surface area contributed by atoms with Crippen LogP contribution in [0.5, 0.6) is 0 Å². The molecule has 2 heteroatoms. The lowest BCUT2D eigenvalue weighted by Crippen LogP contribution is -2.31. The molecule has 1 unspecified atom stereocenters. The topological polar surface area (TPSA) is 29.5 Å². The van der Waals surface area contributed by atoms with E-state index in [1.807, 2.05) is 0 Å². The van der Waals surface area contributed by atoms with Crippen LogP contribution in [-0.2, 0) is 4.74 Å². The van der Waals surface area contributed by atoms with E-state index in [4.69, 9.17) is 4.74 Å². The number of rotatable bonds is 2. The van der Waals surface area contributed by atoms with Crippen molar-refractivity contribution in [1.82, 2.24) is 0 Å². The highest BCUT2D eigenvalue weighted by atomic mass is 16.5. The van der Waals surface area contributed by atoms with E-state index in [1.165, 1.54) is 12.8 Å². The summed E-state index contributed by atoms with van der Waals surface area (Å²) in [7, 11) is 0. The van der Waals surface area contributed by atoms with Crippen molar-refractivity contribution in [1.29, 1.82) is 0 Å². The van der Waals surface area contributed by atoms with Gasteiger partial charge >= 0.3 is 0 Å². The smallest absolute Gasteiger partial charge is 0.121 e. The average molecular weight is 224 g/mol. The maximum absolute atomic E-state index is 10.3. The molecule has 1 N–H and O–H groups in total. The van der Waals surface area contributed by atoms with Gasteiger partial charge in [0.15, 0.2) is 0 Å². The van der Waals surface area contributed by atoms with Crippen molar-refractivity contribution in [3.63, 3.8) is 0 Å². The molecular weight excluding hydrogens is 200 g/mol. The number of allylic oxidation sites excluding steroid dienone is 1. The monoisotopic (exact) mass is 224 g/mol. The van der Waals surface area contributed by atoms with E-state index in [1.54, 1.807) is 0 Å². The van der Waals surface area contributed by atoms with Crippen LogP contribution < -0.4 is 0 Å². The van der Waals surface area contributed by atoms with E-state index < -0.39 is 0 Å². The predicted molar refractivity (Wildman–Crippen MR) is 65.0 cm³/mol. The molecule has 1 atom stereocenters. The van der Waals surface area contributed by atoms with Crippen molar-refractivity contribution in [2.75, 3.05) is 6.61 Å². The number of aliphatic hydroxyl groups excluding tert-OH is 1. The van der Waals surface area contributed by atoms with Gasteiger partial charge in [0.05, 0.1) is 6.61 Å². The Balaban J connectivity index is 1.91. The Morgan fingerprint density at radius 2 is 2.06 bits per heavy atom. The molecule has 0 amide bonds. The molecule has 0 aromatic heterocycles. The zero-order chi connectivity index (χ0) is 11.6. The van der Waals surface area contributed by atoms with Gasteiger partial charge in [-0.25, -0.2) is 0 Å². The van der Waals surface area contributed by atoms with Gasteiger partial charge < -0.3 is 9.84 Å². The van der Waals surface area contributed by atoms with Crippen LogP contribution >= 0.6 is 0 Å². The maximum atomic E-state index is 10.3. The molecule has 1 heterocycles. The van der Waals surface area contributed by atoms with Crippen LogP contribution in [0.25, 0.3) is 0 Å². The Morgan fingerprint density at radius 3 is 2.62 bits per heavy atom. The summed E-state index contributed by atoms with van der Waals surface area (Å²) in [6.07, 6.45) is 8.59. The van der Waals surface area contributed by atoms with Crippen molar-refractivity contribution >= 4 is 0 Å². The third-order valence-electron chi connectivity index (χ3n) is 4.08. The van der Waals surface area contributed by atoms with Crippen molar-refractivity contribution in [2.45, 2.75) is 58.5 Å². The first-order chi connectivity index (χ1) is 7.58. The molecule has 0 aromatic carbocycles. The van der Waals surface area contributed by atoms with Crippen LogP contribution in [0.1, 0.15) is 52.4 Å². The van der Waals surface area contributed by atoms with E-state index >= 15 is 0 Å². The molecule has 92 valence electrons. The highest BCUT2D eigenvalue weighted by Crippen LogP contribution is 2.40. The molecule has 16 heavy (non-hydrogen) atoms. The second-order valence-electron chi connectivity index (χ2n) is 6.04. The Morgan fingerprint density at radius 1 is 1.38 bits per heavy atom. The van der Waals surface area contributed by atoms with E-state index in [2.05, 4.69) is 19.9 Å². The highest BCUT2D eigenvalue weighted by molar-refractivity contribution is 5.05. The minimum absolute atomic E-state index is 0.351. The van der Waals surface area contributed by atoms with Crippen molar-refractivity contribution in [2.24, 2.45) is 11.3 Å². The minimum Gasteiger partial charge on any atom is -0.495 e. The molecule has 1 aliphatic carbocycles. The Kier molecular flexibility index (Phi) is 3.58. The number of aliphatic hydroxyl groups is 1. The average Bonchev–Trinajstić information content (AvgIpc) is 2.29. The highest BCUT2D eigenvalue weighted by Gasteiger charge is 2.32. The fourth-order valence-corrected chi connectivity index (χ4v) is 2.75. The molecule has 0 aromatic rings. The van der Waals surface area contributed by atoms with Gasteiger partial charge in [-0.15, -0.1) is 0 Å². The van der Waals surface area contributed by atoms with Gasteiger partial charge in [0.2, 0.25) is 0 Å². The lowest BCUT2D eigenvalue weighted by atomic mass is 9.71. The number of ether oxygens (including phenoxy) is 1. The first-order valence-electron chi connectivity index (χ1n) is 6.59. The van der Waals surface area contributed by atoms with Crippen LogP contribution in [-0.4, -0.2) is 17.8 Å². The molecule has 0 spiro atoms. The lowest BCUT2D eigenvalue weighted by Gasteiger charge is -2.37. The number of hydrogen-bond acceptors (Lipinski definition) is 2. The third-order valence-corrected chi connectivity index (χ3v) is 4.08. The normalized spacial score (nSPS) is 28.1. The van der Waals surface area contributed by atoms with Crippen molar-refractivity contribution in [3.8, 4) is 0 Å². The van der Waals surface area contributed by atoms with Gasteiger partial charge in [-0.3, -0.25) is 0 Å². The number of hydrogen-bond donors (Lipinski definition) is 1. The minimum atomic E-state index is -0.351. The van der Waals surface area contributed by atoms with Crippen LogP contribution in [0.15, 0.2) is 11.8 Å². The zero-order valence-electron chi connectivity index (χ0n) is 10.5. The molecule has 2 aliphatic rings. The first-order valence-corrected chi connectivity index (χ1v) is 6.59. The Labute approximate surface area is 98.7 Å². The third kappa shape index (κ3) is 2.79. The summed E-state index contributed by atoms with van der Waals surface area (Å²) in [6.45, 7) is 5.43. The fourth-order valence-electron chi connectivity index (χ4n) is 2.75. The standard InChI is InChI=1S/C14H24O2/c1-14(2)8-6-11(7-9-14)13(15)12-5-3-4-10-16-12/h5,11,13,15H,3-4,6-10H2,1-2H3. The van der Waals surface area contributed by atoms with Crippen LogP contribution in [0.3, 0.4) is 0 Å². The van der Waals surface area contributed by atoms with Gasteiger partial charge in [-0.2, -0.15) is 0 Å². The summed E-state index contributed by atoms with van der Waals surface area (Å²) < 4.78 is 5.56. The van der Waals surface area contributed by atoms with Crippen molar-refractivity contribution in [3.05, 3.63) is 11.8 Å². The van der Waals surface area contributed by atoms with Gasteiger partial charge in [0.1, 0.15) is 11.9 Å². The Bertz CT molecular complexity index is 258. The van der Waals surface area contributed by atoms with E-state index in [0.717, 1.165) is 38.0 Å². The fraction of sp³-hybridized carbons (Fsp3) is 0.857. The molecule has 0 radical (unpaired) electrons. The Hall–Kier alpha value is -0.500. The molecule has 1 fully saturated rings. The zero-order valence-corrected chi connectivity index (χ0v) is 10.5. The summed E-state index contributed by atoms with van der Waals surface area (Å²) in [6, 6.07) is 0. The molecule has 0 saturated heterocycles. The molecule has 2 rings (SSSR count). The molecule has 1 saturated carbocycles. The van der Waals surface area contributed by atoms with Crippen LogP contribution in [0.4, 0.5) is 0 Å². The van der Waals surface area contributed by atoms with Crippen LogP contribution in [0, 0.1) is 11.3 Å². The van der Waals surface area contributed by atoms with Crippen molar-refractivity contribution < 1.29 is 9.84 Å². The second-order valence-corrected chi connectivity index (χ2v) is 6.04. The van der Waals surface area contributed by atoms with E-state index in [0.29, 0.717) is 11.3 Å².